The number of benzene rings is 1. The summed E-state index contributed by atoms with van der Waals surface area (Å²) in [5.41, 5.74) is 1.73. The second kappa shape index (κ2) is 9.53. The highest BCUT2D eigenvalue weighted by molar-refractivity contribution is 7.11. The summed E-state index contributed by atoms with van der Waals surface area (Å²) < 4.78 is 6.10. The summed E-state index contributed by atoms with van der Waals surface area (Å²) >= 11 is 1.37. The van der Waals surface area contributed by atoms with Crippen molar-refractivity contribution in [3.63, 3.8) is 0 Å². The van der Waals surface area contributed by atoms with Crippen molar-refractivity contribution in [1.29, 1.82) is 0 Å². The number of thiazole rings is 1. The van der Waals surface area contributed by atoms with Crippen molar-refractivity contribution in [2.75, 3.05) is 36.4 Å². The highest BCUT2D eigenvalue weighted by Crippen LogP contribution is 2.26. The van der Waals surface area contributed by atoms with Gasteiger partial charge in [0.15, 0.2) is 5.01 Å². The average Bonchev–Trinajstić information content (AvgIpc) is 3.35. The van der Waals surface area contributed by atoms with E-state index in [-0.39, 0.29) is 23.8 Å². The lowest BCUT2D eigenvalue weighted by Gasteiger charge is -2.39. The minimum absolute atomic E-state index is 0.00410. The summed E-state index contributed by atoms with van der Waals surface area (Å²) in [6.45, 7) is 2.65. The number of anilines is 2. The van der Waals surface area contributed by atoms with E-state index in [1.807, 2.05) is 40.6 Å². The zero-order valence-corrected chi connectivity index (χ0v) is 18.8. The first-order chi connectivity index (χ1) is 16.2. The number of hydrogen-bond donors (Lipinski definition) is 1. The van der Waals surface area contributed by atoms with Crippen LogP contribution < -0.4 is 15.0 Å². The van der Waals surface area contributed by atoms with Crippen LogP contribution in [0.25, 0.3) is 0 Å². The minimum atomic E-state index is -0.0497. The molecule has 9 nitrogen and oxygen atoms in total. The quantitative estimate of drug-likeness (QED) is 0.599. The van der Waals surface area contributed by atoms with Gasteiger partial charge in [-0.25, -0.2) is 4.98 Å². The third-order valence-electron chi connectivity index (χ3n) is 5.96. The van der Waals surface area contributed by atoms with Gasteiger partial charge in [-0.3, -0.25) is 9.59 Å². The van der Waals surface area contributed by atoms with Gasteiger partial charge >= 0.3 is 0 Å². The Hall–Kier alpha value is -3.53. The number of nitrogens with zero attached hydrogens (tertiary/aromatic N) is 5. The van der Waals surface area contributed by atoms with E-state index in [1.165, 1.54) is 11.3 Å². The van der Waals surface area contributed by atoms with Crippen molar-refractivity contribution in [2.24, 2.45) is 5.92 Å². The molecule has 5 rings (SSSR count). The van der Waals surface area contributed by atoms with Crippen LogP contribution in [0.3, 0.4) is 0 Å². The molecule has 3 aromatic rings. The molecule has 1 N–H and O–H groups in total. The van der Waals surface area contributed by atoms with Crippen molar-refractivity contribution in [2.45, 2.75) is 18.9 Å². The fourth-order valence-corrected chi connectivity index (χ4v) is 4.62. The largest absolute Gasteiger partial charge is 0.490 e. The molecular weight excluding hydrogens is 440 g/mol. The van der Waals surface area contributed by atoms with Gasteiger partial charge in [0.1, 0.15) is 11.9 Å². The molecule has 10 heteroatoms. The molecule has 1 aromatic carbocycles. The maximum atomic E-state index is 12.5. The highest BCUT2D eigenvalue weighted by Gasteiger charge is 2.33. The van der Waals surface area contributed by atoms with E-state index in [9.17, 15) is 9.59 Å². The third-order valence-corrected chi connectivity index (χ3v) is 6.72. The summed E-state index contributed by atoms with van der Waals surface area (Å²) in [6.07, 6.45) is 6.63. The molecule has 0 bridgehead atoms. The highest BCUT2D eigenvalue weighted by atomic mass is 32.1. The lowest BCUT2D eigenvalue weighted by atomic mass is 9.98. The van der Waals surface area contributed by atoms with Gasteiger partial charge in [-0.15, -0.1) is 11.3 Å². The molecule has 0 unspecified atom stereocenters. The maximum absolute atomic E-state index is 12.5. The molecule has 2 aliphatic rings. The van der Waals surface area contributed by atoms with E-state index in [0.717, 1.165) is 30.0 Å². The molecule has 2 saturated heterocycles. The first kappa shape index (κ1) is 21.3. The zero-order chi connectivity index (χ0) is 22.6. The summed E-state index contributed by atoms with van der Waals surface area (Å²) in [7, 11) is 0. The molecule has 2 fully saturated rings. The van der Waals surface area contributed by atoms with Crippen LogP contribution in [0.15, 0.2) is 54.3 Å². The van der Waals surface area contributed by atoms with Crippen molar-refractivity contribution in [3.8, 4) is 5.75 Å². The van der Waals surface area contributed by atoms with Crippen LogP contribution in [-0.4, -0.2) is 64.2 Å². The van der Waals surface area contributed by atoms with Gasteiger partial charge in [0, 0.05) is 56.3 Å². The van der Waals surface area contributed by atoms with Gasteiger partial charge in [0.05, 0.1) is 24.0 Å². The average molecular weight is 465 g/mol. The molecule has 170 valence electrons. The lowest BCUT2D eigenvalue weighted by molar-refractivity contribution is -0.120. The Morgan fingerprint density at radius 3 is 2.48 bits per heavy atom. The number of aromatic nitrogens is 3. The molecule has 0 saturated carbocycles. The Morgan fingerprint density at radius 1 is 1.03 bits per heavy atom. The predicted octanol–water partition coefficient (Wildman–Crippen LogP) is 2.69. The first-order valence-corrected chi connectivity index (χ1v) is 11.8. The molecule has 0 spiro atoms. The number of rotatable bonds is 6. The van der Waals surface area contributed by atoms with E-state index in [4.69, 9.17) is 4.74 Å². The molecule has 2 amide bonds. The van der Waals surface area contributed by atoms with E-state index >= 15 is 0 Å². The molecule has 0 radical (unpaired) electrons. The van der Waals surface area contributed by atoms with Crippen LogP contribution in [0.2, 0.25) is 0 Å². The Kier molecular flexibility index (Phi) is 6.16. The number of hydrogen-bond acceptors (Lipinski definition) is 8. The number of piperidine rings is 1. The lowest BCUT2D eigenvalue weighted by Crippen LogP contribution is -2.52. The van der Waals surface area contributed by atoms with Gasteiger partial charge in [0.25, 0.3) is 5.91 Å². The van der Waals surface area contributed by atoms with Crippen LogP contribution in [0.5, 0.6) is 5.75 Å². The van der Waals surface area contributed by atoms with Crippen molar-refractivity contribution >= 4 is 34.5 Å². The van der Waals surface area contributed by atoms with Crippen molar-refractivity contribution in [1.82, 2.24) is 20.1 Å². The summed E-state index contributed by atoms with van der Waals surface area (Å²) in [5, 5.41) is 13.0. The van der Waals surface area contributed by atoms with Crippen LogP contribution in [0.1, 0.15) is 22.6 Å². The second-order valence-corrected chi connectivity index (χ2v) is 9.06. The van der Waals surface area contributed by atoms with Crippen molar-refractivity contribution < 1.29 is 14.3 Å². The zero-order valence-electron chi connectivity index (χ0n) is 18.0. The number of ether oxygens (including phenoxy) is 1. The maximum Gasteiger partial charge on any atom is 0.282 e. The summed E-state index contributed by atoms with van der Waals surface area (Å²) in [4.78, 5) is 33.0. The molecule has 2 aromatic heterocycles. The standard InChI is InChI=1S/C23H24N6O3S/c30-21(16-14-29(15-16)18-5-8-25-26-13-18)27-17-1-3-19(4-2-17)32-20-6-10-28(11-7-20)23(31)22-24-9-12-33-22/h1-5,8-9,12-13,16,20H,6-7,10-11,14-15H2,(H,27,30). The Bertz CT molecular complexity index is 1080. The molecule has 2 aliphatic heterocycles. The van der Waals surface area contributed by atoms with E-state index in [2.05, 4.69) is 25.4 Å². The molecule has 0 aliphatic carbocycles. The second-order valence-electron chi connectivity index (χ2n) is 8.16. The van der Waals surface area contributed by atoms with E-state index in [0.29, 0.717) is 31.2 Å². The molecule has 0 atom stereocenters. The number of carbonyl (C=O) groups is 2. The molecule has 4 heterocycles. The summed E-state index contributed by atoms with van der Waals surface area (Å²) in [6, 6.07) is 9.36. The van der Waals surface area contributed by atoms with Gasteiger partial charge in [-0.05, 0) is 30.3 Å². The van der Waals surface area contributed by atoms with Gasteiger partial charge in [0.2, 0.25) is 5.91 Å². The van der Waals surface area contributed by atoms with Gasteiger partial charge < -0.3 is 19.9 Å². The smallest absolute Gasteiger partial charge is 0.282 e. The Labute approximate surface area is 195 Å². The molecular formula is C23H24N6O3S. The van der Waals surface area contributed by atoms with Crippen LogP contribution in [0, 0.1) is 5.92 Å². The summed E-state index contributed by atoms with van der Waals surface area (Å²) in [5.74, 6) is 0.721. The normalized spacial score (nSPS) is 16.8. The van der Waals surface area contributed by atoms with E-state index in [1.54, 1.807) is 18.6 Å². The first-order valence-electron chi connectivity index (χ1n) is 10.9. The Morgan fingerprint density at radius 2 is 1.82 bits per heavy atom. The fourth-order valence-electron chi connectivity index (χ4n) is 4.02. The number of likely N-dealkylation sites (tertiary alicyclic amines) is 1. The van der Waals surface area contributed by atoms with Crippen LogP contribution >= 0.6 is 11.3 Å². The van der Waals surface area contributed by atoms with Crippen LogP contribution in [-0.2, 0) is 4.79 Å². The number of nitrogens with one attached hydrogen (secondary N) is 1. The third kappa shape index (κ3) is 4.95. The van der Waals surface area contributed by atoms with Crippen LogP contribution in [0.4, 0.5) is 11.4 Å². The van der Waals surface area contributed by atoms with Crippen molar-refractivity contribution in [3.05, 3.63) is 59.3 Å². The van der Waals surface area contributed by atoms with E-state index < -0.39 is 0 Å². The predicted molar refractivity (Wildman–Crippen MR) is 124 cm³/mol. The van der Waals surface area contributed by atoms with Gasteiger partial charge in [-0.1, -0.05) is 0 Å². The monoisotopic (exact) mass is 464 g/mol. The van der Waals surface area contributed by atoms with Gasteiger partial charge in [-0.2, -0.15) is 10.2 Å². The minimum Gasteiger partial charge on any atom is -0.490 e. The Balaban J connectivity index is 1.06. The SMILES string of the molecule is O=C(Nc1ccc(OC2CCN(C(=O)c3nccs3)CC2)cc1)C1CN(c2ccnnc2)C1. The molecule has 33 heavy (non-hydrogen) atoms. The number of amides is 2. The number of carbonyl (C=O) groups excluding carboxylic acids is 2. The fraction of sp³-hybridized carbons (Fsp3) is 0.348. The topological polar surface area (TPSA) is 101 Å².